The average Bonchev–Trinajstić information content (AvgIpc) is 3.84. The zero-order valence-electron chi connectivity index (χ0n) is 29.8. The number of para-hydroxylation sites is 2. The Hall–Kier alpha value is -7.36. The molecule has 0 bridgehead atoms. The Bertz CT molecular complexity index is 3210. The Kier molecular flexibility index (Phi) is 7.17. The molecule has 0 saturated heterocycles. The number of anilines is 3. The predicted molar refractivity (Wildman–Crippen MR) is 229 cm³/mol. The van der Waals surface area contributed by atoms with Gasteiger partial charge in [0.15, 0.2) is 0 Å². The topological polar surface area (TPSA) is 29.5 Å². The summed E-state index contributed by atoms with van der Waals surface area (Å²) in [6.07, 6.45) is 0. The van der Waals surface area contributed by atoms with Crippen LogP contribution in [-0.2, 0) is 0 Å². The second kappa shape index (κ2) is 12.6. The van der Waals surface area contributed by atoms with Crippen molar-refractivity contribution in [2.24, 2.45) is 0 Å². The summed E-state index contributed by atoms with van der Waals surface area (Å²) in [7, 11) is 0. The molecule has 3 heteroatoms. The molecule has 0 fully saturated rings. The first-order chi connectivity index (χ1) is 27.3. The van der Waals surface area contributed by atoms with Crippen molar-refractivity contribution in [3.05, 3.63) is 200 Å². The lowest BCUT2D eigenvalue weighted by Crippen LogP contribution is -2.13. The second-order valence-electron chi connectivity index (χ2n) is 14.0. The highest BCUT2D eigenvalue weighted by atomic mass is 16.3. The lowest BCUT2D eigenvalue weighted by molar-refractivity contribution is 0.669. The van der Waals surface area contributed by atoms with E-state index in [9.17, 15) is 0 Å². The first kappa shape index (κ1) is 31.2. The average molecular weight is 704 g/mol. The van der Waals surface area contributed by atoms with Crippen LogP contribution in [0.2, 0.25) is 0 Å². The fourth-order valence-corrected chi connectivity index (χ4v) is 8.31. The number of hydrogen-bond donors (Lipinski definition) is 0. The van der Waals surface area contributed by atoms with E-state index in [0.717, 1.165) is 99.5 Å². The van der Waals surface area contributed by atoms with Crippen LogP contribution in [0.3, 0.4) is 0 Å². The van der Waals surface area contributed by atoms with E-state index >= 15 is 0 Å². The third-order valence-corrected chi connectivity index (χ3v) is 10.9. The first-order valence-electron chi connectivity index (χ1n) is 18.7. The quantitative estimate of drug-likeness (QED) is 0.173. The van der Waals surface area contributed by atoms with Crippen molar-refractivity contribution in [3.63, 3.8) is 0 Å². The zero-order valence-corrected chi connectivity index (χ0v) is 29.8. The molecule has 0 N–H and O–H groups in total. The lowest BCUT2D eigenvalue weighted by atomic mass is 9.94. The molecule has 11 aromatic rings. The van der Waals surface area contributed by atoms with Gasteiger partial charge < -0.3 is 13.7 Å². The molecule has 55 heavy (non-hydrogen) atoms. The summed E-state index contributed by atoms with van der Waals surface area (Å²) in [5.41, 5.74) is 13.4. The van der Waals surface area contributed by atoms with E-state index in [1.807, 2.05) is 12.1 Å². The molecule has 9 aromatic carbocycles. The van der Waals surface area contributed by atoms with Crippen LogP contribution in [0, 0.1) is 0 Å². The third-order valence-electron chi connectivity index (χ3n) is 10.9. The van der Waals surface area contributed by atoms with Crippen molar-refractivity contribution in [2.75, 3.05) is 4.90 Å². The monoisotopic (exact) mass is 703 g/mol. The highest BCUT2D eigenvalue weighted by molar-refractivity contribution is 6.20. The molecule has 0 atom stereocenters. The standard InChI is InChI=1S/C52H33NO2/c1-3-14-34(15-4-1)37-28-31-46(44(32-37)35-16-5-2-6-17-35)53(47-23-13-25-49-51(47)43-30-26-36-18-7-8-20-40(36)52(43)55-49)45-22-11-9-19-39(45)38-27-29-42-41-21-10-12-24-48(41)54-50(42)33-38/h1-33H. The van der Waals surface area contributed by atoms with Gasteiger partial charge >= 0.3 is 0 Å². The smallest absolute Gasteiger partial charge is 0.143 e. The summed E-state index contributed by atoms with van der Waals surface area (Å²) in [6.45, 7) is 0. The van der Waals surface area contributed by atoms with Crippen LogP contribution in [0.15, 0.2) is 209 Å². The van der Waals surface area contributed by atoms with Crippen molar-refractivity contribution >= 4 is 71.7 Å². The Labute approximate surface area is 317 Å². The van der Waals surface area contributed by atoms with Gasteiger partial charge in [-0.1, -0.05) is 146 Å². The molecular formula is C52H33NO2. The van der Waals surface area contributed by atoms with Gasteiger partial charge in [0.25, 0.3) is 0 Å². The molecular weight excluding hydrogens is 671 g/mol. The molecule has 0 radical (unpaired) electrons. The molecule has 258 valence electrons. The van der Waals surface area contributed by atoms with Gasteiger partial charge in [0, 0.05) is 32.7 Å². The maximum Gasteiger partial charge on any atom is 0.143 e. The number of fused-ring (bicyclic) bond motifs is 8. The van der Waals surface area contributed by atoms with Crippen LogP contribution in [0.4, 0.5) is 17.1 Å². The molecule has 0 aliphatic rings. The van der Waals surface area contributed by atoms with Crippen LogP contribution >= 0.6 is 0 Å². The normalized spacial score (nSPS) is 11.6. The van der Waals surface area contributed by atoms with Crippen LogP contribution < -0.4 is 4.90 Å². The number of rotatable bonds is 6. The van der Waals surface area contributed by atoms with Gasteiger partial charge in [0.05, 0.1) is 22.4 Å². The largest absolute Gasteiger partial charge is 0.456 e. The molecule has 0 aliphatic carbocycles. The van der Waals surface area contributed by atoms with Crippen molar-refractivity contribution in [3.8, 4) is 33.4 Å². The highest BCUT2D eigenvalue weighted by Gasteiger charge is 2.25. The van der Waals surface area contributed by atoms with E-state index < -0.39 is 0 Å². The molecule has 0 aliphatic heterocycles. The van der Waals surface area contributed by atoms with Gasteiger partial charge in [-0.15, -0.1) is 0 Å². The minimum atomic E-state index is 0.845. The molecule has 2 aromatic heterocycles. The fraction of sp³-hybridized carbons (Fsp3) is 0. The summed E-state index contributed by atoms with van der Waals surface area (Å²) in [6, 6.07) is 71.0. The maximum atomic E-state index is 6.77. The number of furan rings is 2. The molecule has 0 unspecified atom stereocenters. The lowest BCUT2D eigenvalue weighted by Gasteiger charge is -2.31. The molecule has 2 heterocycles. The number of hydrogen-bond acceptors (Lipinski definition) is 3. The minimum Gasteiger partial charge on any atom is -0.456 e. The molecule has 0 spiro atoms. The summed E-state index contributed by atoms with van der Waals surface area (Å²) in [5, 5.41) is 6.64. The predicted octanol–water partition coefficient (Wildman–Crippen LogP) is 15.1. The Morgan fingerprint density at radius 3 is 1.82 bits per heavy atom. The van der Waals surface area contributed by atoms with Gasteiger partial charge in [-0.05, 0) is 82.2 Å². The Morgan fingerprint density at radius 2 is 0.945 bits per heavy atom. The van der Waals surface area contributed by atoms with E-state index in [4.69, 9.17) is 8.83 Å². The summed E-state index contributed by atoms with van der Waals surface area (Å²) < 4.78 is 13.2. The molecule has 3 nitrogen and oxygen atoms in total. The van der Waals surface area contributed by atoms with Crippen LogP contribution in [-0.4, -0.2) is 0 Å². The molecule has 0 saturated carbocycles. The van der Waals surface area contributed by atoms with E-state index in [1.54, 1.807) is 0 Å². The zero-order chi connectivity index (χ0) is 36.3. The number of nitrogens with zero attached hydrogens (tertiary/aromatic N) is 1. The second-order valence-corrected chi connectivity index (χ2v) is 14.0. The molecule has 11 rings (SSSR count). The van der Waals surface area contributed by atoms with Crippen LogP contribution in [0.25, 0.3) is 88.0 Å². The van der Waals surface area contributed by atoms with Gasteiger partial charge in [-0.3, -0.25) is 0 Å². The highest BCUT2D eigenvalue weighted by Crippen LogP contribution is 2.50. The van der Waals surface area contributed by atoms with Crippen molar-refractivity contribution in [2.45, 2.75) is 0 Å². The third kappa shape index (κ3) is 5.13. The maximum absolute atomic E-state index is 6.77. The van der Waals surface area contributed by atoms with E-state index in [2.05, 4.69) is 193 Å². The number of benzene rings is 9. The van der Waals surface area contributed by atoms with Gasteiger partial charge in [-0.2, -0.15) is 0 Å². The van der Waals surface area contributed by atoms with Crippen molar-refractivity contribution in [1.82, 2.24) is 0 Å². The van der Waals surface area contributed by atoms with Gasteiger partial charge in [0.2, 0.25) is 0 Å². The molecule has 0 amide bonds. The van der Waals surface area contributed by atoms with Crippen molar-refractivity contribution in [1.29, 1.82) is 0 Å². The Morgan fingerprint density at radius 1 is 0.309 bits per heavy atom. The van der Waals surface area contributed by atoms with Crippen molar-refractivity contribution < 1.29 is 8.83 Å². The SMILES string of the molecule is c1ccc(-c2ccc(N(c3ccccc3-c3ccc4c(c3)oc3ccccc34)c3cccc4oc5c6ccccc6ccc5c34)c(-c3ccccc3)c2)cc1. The van der Waals surface area contributed by atoms with Crippen LogP contribution in [0.1, 0.15) is 0 Å². The summed E-state index contributed by atoms with van der Waals surface area (Å²) in [5.74, 6) is 0. The van der Waals surface area contributed by atoms with Gasteiger partial charge in [0.1, 0.15) is 22.3 Å². The summed E-state index contributed by atoms with van der Waals surface area (Å²) in [4.78, 5) is 2.43. The fourth-order valence-electron chi connectivity index (χ4n) is 8.31. The first-order valence-corrected chi connectivity index (χ1v) is 18.7. The van der Waals surface area contributed by atoms with E-state index in [0.29, 0.717) is 0 Å². The Balaban J connectivity index is 1.22. The van der Waals surface area contributed by atoms with E-state index in [-0.39, 0.29) is 0 Å². The van der Waals surface area contributed by atoms with Crippen LogP contribution in [0.5, 0.6) is 0 Å². The summed E-state index contributed by atoms with van der Waals surface area (Å²) >= 11 is 0. The van der Waals surface area contributed by atoms with Gasteiger partial charge in [-0.25, -0.2) is 0 Å². The minimum absolute atomic E-state index is 0.845. The van der Waals surface area contributed by atoms with E-state index in [1.165, 1.54) is 5.56 Å².